The molecule has 5 heteroatoms. The van der Waals surface area contributed by atoms with Crippen LogP contribution in [0.25, 0.3) is 0 Å². The van der Waals surface area contributed by atoms with Gasteiger partial charge in [0, 0.05) is 11.2 Å². The van der Waals surface area contributed by atoms with Crippen LogP contribution in [0.1, 0.15) is 5.56 Å². The van der Waals surface area contributed by atoms with Gasteiger partial charge in [0.2, 0.25) is 0 Å². The van der Waals surface area contributed by atoms with Crippen molar-refractivity contribution in [3.8, 4) is 5.75 Å². The van der Waals surface area contributed by atoms with Crippen molar-refractivity contribution in [2.45, 2.75) is 6.92 Å². The lowest BCUT2D eigenvalue weighted by Crippen LogP contribution is -2.20. The number of carbonyl (C=O) groups excluding carboxylic acids is 1. The van der Waals surface area contributed by atoms with Crippen LogP contribution in [0.2, 0.25) is 5.02 Å². The molecule has 1 aromatic heterocycles. The zero-order valence-corrected chi connectivity index (χ0v) is 11.1. The maximum Gasteiger partial charge on any atom is 0.263 e. The third-order valence-electron chi connectivity index (χ3n) is 2.37. The van der Waals surface area contributed by atoms with Gasteiger partial charge in [0.1, 0.15) is 11.6 Å². The van der Waals surface area contributed by atoms with Gasteiger partial charge < -0.3 is 10.1 Å². The lowest BCUT2D eigenvalue weighted by atomic mass is 10.3. The first-order chi connectivity index (χ1) is 9.13. The van der Waals surface area contributed by atoms with E-state index in [1.54, 1.807) is 36.5 Å². The van der Waals surface area contributed by atoms with E-state index in [1.165, 1.54) is 0 Å². The normalized spacial score (nSPS) is 10.0. The van der Waals surface area contributed by atoms with Crippen molar-refractivity contribution in [2.75, 3.05) is 11.9 Å². The minimum atomic E-state index is -0.256. The third-order valence-corrected chi connectivity index (χ3v) is 2.62. The van der Waals surface area contributed by atoms with Crippen LogP contribution in [0.5, 0.6) is 5.75 Å². The predicted molar refractivity (Wildman–Crippen MR) is 74.6 cm³/mol. The third kappa shape index (κ3) is 4.26. The molecule has 0 atom stereocenters. The summed E-state index contributed by atoms with van der Waals surface area (Å²) >= 11 is 5.75. The van der Waals surface area contributed by atoms with Crippen LogP contribution in [0, 0.1) is 6.92 Å². The van der Waals surface area contributed by atoms with Crippen LogP contribution in [0.15, 0.2) is 42.6 Å². The van der Waals surface area contributed by atoms with Gasteiger partial charge in [0.25, 0.3) is 5.91 Å². The van der Waals surface area contributed by atoms with Crippen LogP contribution in [-0.2, 0) is 4.79 Å². The highest BCUT2D eigenvalue weighted by atomic mass is 35.5. The molecule has 2 aromatic rings. The molecule has 0 aliphatic carbocycles. The summed E-state index contributed by atoms with van der Waals surface area (Å²) in [7, 11) is 0. The zero-order chi connectivity index (χ0) is 13.7. The van der Waals surface area contributed by atoms with E-state index in [0.717, 1.165) is 5.56 Å². The average Bonchev–Trinajstić information content (AvgIpc) is 2.38. The Labute approximate surface area is 116 Å². The van der Waals surface area contributed by atoms with E-state index in [-0.39, 0.29) is 12.5 Å². The summed E-state index contributed by atoms with van der Waals surface area (Å²) in [5.41, 5.74) is 1.03. The number of amides is 1. The molecule has 0 fully saturated rings. The first-order valence-electron chi connectivity index (χ1n) is 5.74. The fraction of sp³-hybridized carbons (Fsp3) is 0.143. The summed E-state index contributed by atoms with van der Waals surface area (Å²) in [5.74, 6) is 0.856. The molecule has 98 valence electrons. The van der Waals surface area contributed by atoms with Gasteiger partial charge in [-0.2, -0.15) is 0 Å². The second-order valence-electron chi connectivity index (χ2n) is 4.01. The van der Waals surface area contributed by atoms with Gasteiger partial charge >= 0.3 is 0 Å². The van der Waals surface area contributed by atoms with Crippen molar-refractivity contribution in [3.63, 3.8) is 0 Å². The second kappa shape index (κ2) is 6.20. The van der Waals surface area contributed by atoms with Crippen LogP contribution < -0.4 is 10.1 Å². The average molecular weight is 277 g/mol. The maximum absolute atomic E-state index is 11.7. The van der Waals surface area contributed by atoms with Gasteiger partial charge in [0.05, 0.1) is 0 Å². The predicted octanol–water partition coefficient (Wildman–Crippen LogP) is 3.06. The van der Waals surface area contributed by atoms with Crippen molar-refractivity contribution in [1.29, 1.82) is 0 Å². The summed E-state index contributed by atoms with van der Waals surface area (Å²) < 4.78 is 5.33. The molecule has 0 radical (unpaired) electrons. The number of carbonyl (C=O) groups is 1. The minimum absolute atomic E-state index is 0.0722. The summed E-state index contributed by atoms with van der Waals surface area (Å²) in [5, 5.41) is 3.29. The number of anilines is 1. The van der Waals surface area contributed by atoms with Crippen molar-refractivity contribution in [3.05, 3.63) is 53.2 Å². The number of hydrogen-bond donors (Lipinski definition) is 1. The van der Waals surface area contributed by atoms with Gasteiger partial charge in [-0.1, -0.05) is 11.6 Å². The molecule has 1 N–H and O–H groups in total. The van der Waals surface area contributed by atoms with Gasteiger partial charge in [-0.25, -0.2) is 4.98 Å². The lowest BCUT2D eigenvalue weighted by molar-refractivity contribution is -0.118. The number of ether oxygens (including phenoxy) is 1. The minimum Gasteiger partial charge on any atom is -0.484 e. The summed E-state index contributed by atoms with van der Waals surface area (Å²) in [6.45, 7) is 1.86. The number of nitrogens with one attached hydrogen (secondary N) is 1. The molecule has 0 saturated carbocycles. The molecule has 0 saturated heterocycles. The Morgan fingerprint density at radius 3 is 2.74 bits per heavy atom. The molecule has 0 bridgehead atoms. The summed E-state index contributed by atoms with van der Waals surface area (Å²) in [4.78, 5) is 15.7. The van der Waals surface area contributed by atoms with Crippen molar-refractivity contribution < 1.29 is 9.53 Å². The van der Waals surface area contributed by atoms with E-state index >= 15 is 0 Å². The Balaban J connectivity index is 1.86. The van der Waals surface area contributed by atoms with E-state index in [1.807, 2.05) is 13.0 Å². The Hall–Kier alpha value is -2.07. The van der Waals surface area contributed by atoms with Crippen LogP contribution in [0.3, 0.4) is 0 Å². The van der Waals surface area contributed by atoms with E-state index in [9.17, 15) is 4.79 Å². The molecule has 1 amide bonds. The number of pyridine rings is 1. The SMILES string of the molecule is Cc1ccnc(NC(=O)COc2ccc(Cl)cc2)c1. The second-order valence-corrected chi connectivity index (χ2v) is 4.45. The number of hydrogen-bond acceptors (Lipinski definition) is 3. The Kier molecular flexibility index (Phi) is 4.36. The molecular formula is C14H13ClN2O2. The first kappa shape index (κ1) is 13.4. The van der Waals surface area contributed by atoms with E-state index in [2.05, 4.69) is 10.3 Å². The van der Waals surface area contributed by atoms with Crippen molar-refractivity contribution >= 4 is 23.3 Å². The van der Waals surface area contributed by atoms with Crippen LogP contribution in [0.4, 0.5) is 5.82 Å². The fourth-order valence-electron chi connectivity index (χ4n) is 1.46. The summed E-state index contributed by atoms with van der Waals surface area (Å²) in [6.07, 6.45) is 1.64. The highest BCUT2D eigenvalue weighted by Gasteiger charge is 2.04. The van der Waals surface area contributed by atoms with Crippen LogP contribution in [-0.4, -0.2) is 17.5 Å². The van der Waals surface area contributed by atoms with E-state index < -0.39 is 0 Å². The topological polar surface area (TPSA) is 51.2 Å². The highest BCUT2D eigenvalue weighted by molar-refractivity contribution is 6.30. The number of benzene rings is 1. The quantitative estimate of drug-likeness (QED) is 0.934. The van der Waals surface area contributed by atoms with E-state index in [0.29, 0.717) is 16.6 Å². The van der Waals surface area contributed by atoms with Gasteiger partial charge in [0.15, 0.2) is 6.61 Å². The number of rotatable bonds is 4. The Morgan fingerprint density at radius 1 is 1.32 bits per heavy atom. The van der Waals surface area contributed by atoms with Crippen LogP contribution >= 0.6 is 11.6 Å². The van der Waals surface area contributed by atoms with E-state index in [4.69, 9.17) is 16.3 Å². The number of aromatic nitrogens is 1. The molecular weight excluding hydrogens is 264 g/mol. The highest BCUT2D eigenvalue weighted by Crippen LogP contribution is 2.15. The molecule has 0 aliphatic rings. The lowest BCUT2D eigenvalue weighted by Gasteiger charge is -2.07. The standard InChI is InChI=1S/C14H13ClN2O2/c1-10-6-7-16-13(8-10)17-14(18)9-19-12-4-2-11(15)3-5-12/h2-8H,9H2,1H3,(H,16,17,18). The monoisotopic (exact) mass is 276 g/mol. The van der Waals surface area contributed by atoms with Crippen molar-refractivity contribution in [1.82, 2.24) is 4.98 Å². The molecule has 19 heavy (non-hydrogen) atoms. The molecule has 2 rings (SSSR count). The van der Waals surface area contributed by atoms with Crippen molar-refractivity contribution in [2.24, 2.45) is 0 Å². The molecule has 0 unspecified atom stereocenters. The Bertz CT molecular complexity index is 570. The molecule has 0 aliphatic heterocycles. The zero-order valence-electron chi connectivity index (χ0n) is 10.4. The largest absolute Gasteiger partial charge is 0.484 e. The van der Waals surface area contributed by atoms with Gasteiger partial charge in [-0.3, -0.25) is 4.79 Å². The molecule has 0 spiro atoms. The fourth-order valence-corrected chi connectivity index (χ4v) is 1.59. The maximum atomic E-state index is 11.7. The number of nitrogens with zero attached hydrogens (tertiary/aromatic N) is 1. The van der Waals surface area contributed by atoms with Gasteiger partial charge in [-0.15, -0.1) is 0 Å². The number of halogens is 1. The number of aryl methyl sites for hydroxylation is 1. The first-order valence-corrected chi connectivity index (χ1v) is 6.12. The molecule has 1 heterocycles. The Morgan fingerprint density at radius 2 is 2.05 bits per heavy atom. The molecule has 1 aromatic carbocycles. The smallest absolute Gasteiger partial charge is 0.263 e. The molecule has 4 nitrogen and oxygen atoms in total. The summed E-state index contributed by atoms with van der Waals surface area (Å²) in [6, 6.07) is 10.5. The van der Waals surface area contributed by atoms with Gasteiger partial charge in [-0.05, 0) is 48.9 Å².